The van der Waals surface area contributed by atoms with Gasteiger partial charge in [0.1, 0.15) is 0 Å². The van der Waals surface area contributed by atoms with Crippen molar-refractivity contribution in [1.29, 1.82) is 0 Å². The summed E-state index contributed by atoms with van der Waals surface area (Å²) in [6, 6.07) is 28.5. The minimum Gasteiger partial charge on any atom is -0.305 e. The highest BCUT2D eigenvalue weighted by atomic mass is 35.5. The summed E-state index contributed by atoms with van der Waals surface area (Å²) in [5.41, 5.74) is 3.31. The van der Waals surface area contributed by atoms with Gasteiger partial charge in [-0.05, 0) is 79.6 Å². The van der Waals surface area contributed by atoms with E-state index in [0.29, 0.717) is 32.6 Å². The summed E-state index contributed by atoms with van der Waals surface area (Å²) in [7, 11) is 0. The van der Waals surface area contributed by atoms with Gasteiger partial charge in [0.15, 0.2) is 0 Å². The van der Waals surface area contributed by atoms with E-state index in [1.807, 2.05) is 66.4 Å². The van der Waals surface area contributed by atoms with Crippen molar-refractivity contribution >= 4 is 58.0 Å². The number of hydrogen-bond acceptors (Lipinski definition) is 2. The second kappa shape index (κ2) is 10.6. The third-order valence-electron chi connectivity index (χ3n) is 6.60. The largest absolute Gasteiger partial charge is 0.305 e. The molecule has 1 heterocycles. The van der Waals surface area contributed by atoms with Crippen molar-refractivity contribution in [3.8, 4) is 0 Å². The summed E-state index contributed by atoms with van der Waals surface area (Å²) in [6.45, 7) is 1.99. The molecule has 0 radical (unpaired) electrons. The molecule has 0 unspecified atom stereocenters. The first-order valence-corrected chi connectivity index (χ1v) is 13.0. The molecule has 1 aliphatic heterocycles. The molecule has 2 amide bonds. The van der Waals surface area contributed by atoms with E-state index in [4.69, 9.17) is 34.8 Å². The number of para-hydroxylation sites is 2. The van der Waals surface area contributed by atoms with E-state index in [0.717, 1.165) is 16.9 Å². The number of nitrogens with zero attached hydrogens (tertiary/aromatic N) is 2. The Morgan fingerprint density at radius 1 is 0.811 bits per heavy atom. The predicted octanol–water partition coefficient (Wildman–Crippen LogP) is 8.47. The van der Waals surface area contributed by atoms with Crippen LogP contribution in [0.5, 0.6) is 0 Å². The molecule has 0 aromatic heterocycles. The van der Waals surface area contributed by atoms with E-state index in [1.165, 1.54) is 0 Å². The van der Waals surface area contributed by atoms with E-state index in [9.17, 15) is 9.59 Å². The van der Waals surface area contributed by atoms with Crippen molar-refractivity contribution < 1.29 is 9.59 Å². The summed E-state index contributed by atoms with van der Waals surface area (Å²) in [5.74, 6) is -0.356. The molecule has 7 heteroatoms. The molecular weight excluding hydrogens is 527 g/mol. The maximum atomic E-state index is 14.0. The molecule has 5 rings (SSSR count). The molecule has 0 spiro atoms. The van der Waals surface area contributed by atoms with Crippen LogP contribution >= 0.6 is 34.8 Å². The van der Waals surface area contributed by atoms with E-state index in [1.54, 1.807) is 47.4 Å². The number of fused-ring (bicyclic) bond motifs is 1. The number of hydrogen-bond donors (Lipinski definition) is 0. The lowest BCUT2D eigenvalue weighted by Crippen LogP contribution is -2.48. The van der Waals surface area contributed by atoms with Crippen LogP contribution in [-0.2, 0) is 0 Å². The minimum atomic E-state index is -0.304. The Balaban J connectivity index is 1.61. The molecule has 4 aromatic rings. The summed E-state index contributed by atoms with van der Waals surface area (Å²) >= 11 is 18.6. The molecule has 4 aromatic carbocycles. The quantitative estimate of drug-likeness (QED) is 0.256. The van der Waals surface area contributed by atoms with Crippen molar-refractivity contribution in [1.82, 2.24) is 0 Å². The van der Waals surface area contributed by atoms with Crippen molar-refractivity contribution in [3.05, 3.63) is 129 Å². The summed E-state index contributed by atoms with van der Waals surface area (Å²) in [5, 5.41) is 1.33. The average molecular weight is 550 g/mol. The minimum absolute atomic E-state index is 0.143. The number of anilines is 2. The van der Waals surface area contributed by atoms with E-state index < -0.39 is 0 Å². The molecule has 2 atom stereocenters. The van der Waals surface area contributed by atoms with Gasteiger partial charge in [-0.2, -0.15) is 0 Å². The van der Waals surface area contributed by atoms with Crippen molar-refractivity contribution in [2.75, 3.05) is 9.80 Å². The van der Waals surface area contributed by atoms with Crippen LogP contribution in [0.2, 0.25) is 15.1 Å². The normalized spacial score (nSPS) is 16.7. The van der Waals surface area contributed by atoms with Gasteiger partial charge in [-0.1, -0.05) is 71.2 Å². The van der Waals surface area contributed by atoms with Gasteiger partial charge in [0, 0.05) is 33.0 Å². The topological polar surface area (TPSA) is 40.6 Å². The lowest BCUT2D eigenvalue weighted by molar-refractivity contribution is 0.0965. The highest BCUT2D eigenvalue weighted by molar-refractivity contribution is 6.37. The van der Waals surface area contributed by atoms with Crippen LogP contribution in [-0.4, -0.2) is 17.9 Å². The first kappa shape index (κ1) is 25.3. The van der Waals surface area contributed by atoms with Crippen LogP contribution in [0.15, 0.2) is 97.1 Å². The van der Waals surface area contributed by atoms with Crippen molar-refractivity contribution in [2.24, 2.45) is 0 Å². The molecule has 4 nitrogen and oxygen atoms in total. The zero-order valence-electron chi connectivity index (χ0n) is 19.9. The Kier molecular flexibility index (Phi) is 7.25. The van der Waals surface area contributed by atoms with Crippen LogP contribution in [0, 0.1) is 0 Å². The molecule has 186 valence electrons. The fourth-order valence-electron chi connectivity index (χ4n) is 4.89. The SMILES string of the molecule is C[C@H]1C[C@H](N(C(=O)c2ccc(Cl)cc2)c2ccccc2)c2ccccc2N1C(=O)c1ccc(Cl)cc1Cl. The number of amides is 2. The number of rotatable bonds is 4. The first-order valence-electron chi connectivity index (χ1n) is 11.9. The molecule has 1 aliphatic rings. The Hall–Kier alpha value is -3.31. The van der Waals surface area contributed by atoms with Crippen LogP contribution < -0.4 is 9.80 Å². The molecule has 0 saturated heterocycles. The second-order valence-electron chi connectivity index (χ2n) is 8.98. The van der Waals surface area contributed by atoms with Crippen LogP contribution in [0.25, 0.3) is 0 Å². The molecule has 0 N–H and O–H groups in total. The Bertz CT molecular complexity index is 1460. The van der Waals surface area contributed by atoms with Gasteiger partial charge in [0.25, 0.3) is 11.8 Å². The number of benzene rings is 4. The fourth-order valence-corrected chi connectivity index (χ4v) is 5.50. The average Bonchev–Trinajstić information content (AvgIpc) is 2.89. The lowest BCUT2D eigenvalue weighted by Gasteiger charge is -2.43. The molecule has 0 bridgehead atoms. The summed E-state index contributed by atoms with van der Waals surface area (Å²) < 4.78 is 0. The number of halogens is 3. The van der Waals surface area contributed by atoms with Gasteiger partial charge in [0.2, 0.25) is 0 Å². The number of carbonyl (C=O) groups is 2. The monoisotopic (exact) mass is 548 g/mol. The fraction of sp³-hybridized carbons (Fsp3) is 0.133. The maximum Gasteiger partial charge on any atom is 0.260 e. The smallest absolute Gasteiger partial charge is 0.260 e. The Morgan fingerprint density at radius 2 is 1.46 bits per heavy atom. The Morgan fingerprint density at radius 3 is 2.16 bits per heavy atom. The van der Waals surface area contributed by atoms with E-state index in [-0.39, 0.29) is 23.9 Å². The van der Waals surface area contributed by atoms with Gasteiger partial charge in [-0.15, -0.1) is 0 Å². The molecule has 37 heavy (non-hydrogen) atoms. The third kappa shape index (κ3) is 4.97. The zero-order chi connectivity index (χ0) is 26.1. The second-order valence-corrected chi connectivity index (χ2v) is 10.3. The van der Waals surface area contributed by atoms with Crippen LogP contribution in [0.3, 0.4) is 0 Å². The predicted molar refractivity (Wildman–Crippen MR) is 151 cm³/mol. The van der Waals surface area contributed by atoms with Gasteiger partial charge in [0.05, 0.1) is 16.6 Å². The van der Waals surface area contributed by atoms with E-state index >= 15 is 0 Å². The molecular formula is C30H23Cl3N2O2. The van der Waals surface area contributed by atoms with Crippen LogP contribution in [0.1, 0.15) is 45.7 Å². The van der Waals surface area contributed by atoms with Crippen molar-refractivity contribution in [2.45, 2.75) is 25.4 Å². The zero-order valence-corrected chi connectivity index (χ0v) is 22.2. The summed E-state index contributed by atoms with van der Waals surface area (Å²) in [6.07, 6.45) is 0.530. The highest BCUT2D eigenvalue weighted by Crippen LogP contribution is 2.43. The maximum absolute atomic E-state index is 14.0. The standard InChI is InChI=1S/C30H23Cl3N2O2/c1-19-17-28(35(23-7-3-2-4-8-23)29(36)20-11-13-21(31)14-12-20)25-9-5-6-10-27(25)34(19)30(37)24-16-15-22(32)18-26(24)33/h2-16,18-19,28H,17H2,1H3/t19-,28-/m0/s1. The summed E-state index contributed by atoms with van der Waals surface area (Å²) in [4.78, 5) is 31.3. The first-order chi connectivity index (χ1) is 17.8. The van der Waals surface area contributed by atoms with E-state index in [2.05, 4.69) is 0 Å². The van der Waals surface area contributed by atoms with Gasteiger partial charge >= 0.3 is 0 Å². The van der Waals surface area contributed by atoms with Crippen LogP contribution in [0.4, 0.5) is 11.4 Å². The lowest BCUT2D eigenvalue weighted by atomic mass is 9.89. The molecule has 0 saturated carbocycles. The van der Waals surface area contributed by atoms with Gasteiger partial charge < -0.3 is 9.80 Å². The Labute approximate surface area is 231 Å². The highest BCUT2D eigenvalue weighted by Gasteiger charge is 2.39. The molecule has 0 aliphatic carbocycles. The molecule has 0 fully saturated rings. The van der Waals surface area contributed by atoms with Crippen molar-refractivity contribution in [3.63, 3.8) is 0 Å². The third-order valence-corrected chi connectivity index (χ3v) is 7.40. The van der Waals surface area contributed by atoms with Gasteiger partial charge in [-0.25, -0.2) is 0 Å². The number of carbonyl (C=O) groups excluding carboxylic acids is 2. The van der Waals surface area contributed by atoms with Gasteiger partial charge in [-0.3, -0.25) is 9.59 Å².